The smallest absolute Gasteiger partial charge is 0.125 e. The second kappa shape index (κ2) is 5.07. The average Bonchev–Trinajstić information content (AvgIpc) is 2.94. The molecule has 3 aromatic rings. The number of aromatic nitrogens is 3. The Morgan fingerprint density at radius 3 is 2.73 bits per heavy atom. The van der Waals surface area contributed by atoms with E-state index in [-0.39, 0.29) is 0 Å². The fraction of sp³-hybridized carbons (Fsp3) is 0.118. The van der Waals surface area contributed by atoms with E-state index >= 15 is 0 Å². The van der Waals surface area contributed by atoms with Crippen molar-refractivity contribution in [1.82, 2.24) is 14.5 Å². The highest BCUT2D eigenvalue weighted by Crippen LogP contribution is 2.29. The van der Waals surface area contributed by atoms with Gasteiger partial charge in [0.05, 0.1) is 23.6 Å². The molecule has 0 radical (unpaired) electrons. The van der Waals surface area contributed by atoms with Crippen molar-refractivity contribution in [2.45, 2.75) is 13.5 Å². The first-order chi connectivity index (χ1) is 10.7. The summed E-state index contributed by atoms with van der Waals surface area (Å²) in [5.41, 5.74) is 4.92. The molecule has 0 spiro atoms. The van der Waals surface area contributed by atoms with Crippen LogP contribution in [0.1, 0.15) is 22.6 Å². The Balaban J connectivity index is 1.94. The largest absolute Gasteiger partial charge is 0.315 e. The summed E-state index contributed by atoms with van der Waals surface area (Å²) in [5.74, 6) is 0.750. The van der Waals surface area contributed by atoms with Crippen LogP contribution in [0, 0.1) is 6.92 Å². The Kier molecular flexibility index (Phi) is 3.05. The highest BCUT2D eigenvalue weighted by atomic mass is 35.5. The molecule has 0 saturated heterocycles. The molecule has 1 aromatic carbocycles. The molecule has 1 aliphatic heterocycles. The van der Waals surface area contributed by atoms with E-state index in [4.69, 9.17) is 16.6 Å². The van der Waals surface area contributed by atoms with Gasteiger partial charge in [0, 0.05) is 34.7 Å². The molecule has 0 unspecified atom stereocenters. The maximum absolute atomic E-state index is 6.36. The van der Waals surface area contributed by atoms with E-state index in [1.165, 1.54) is 0 Å². The van der Waals surface area contributed by atoms with Gasteiger partial charge in [0.15, 0.2) is 0 Å². The second-order valence-corrected chi connectivity index (χ2v) is 5.59. The molecule has 0 amide bonds. The lowest BCUT2D eigenvalue weighted by Crippen LogP contribution is -2.09. The molecule has 0 bridgehead atoms. The van der Waals surface area contributed by atoms with Crippen LogP contribution in [0.25, 0.3) is 5.69 Å². The van der Waals surface area contributed by atoms with Gasteiger partial charge in [0.25, 0.3) is 0 Å². The maximum atomic E-state index is 6.36. The van der Waals surface area contributed by atoms with E-state index in [1.54, 1.807) is 0 Å². The molecule has 0 aliphatic carbocycles. The molecule has 0 N–H and O–H groups in total. The van der Waals surface area contributed by atoms with Gasteiger partial charge >= 0.3 is 0 Å². The average molecular weight is 309 g/mol. The van der Waals surface area contributed by atoms with Crippen LogP contribution in [0.3, 0.4) is 0 Å². The van der Waals surface area contributed by atoms with Gasteiger partial charge in [0.2, 0.25) is 0 Å². The minimum absolute atomic E-state index is 0.542. The topological polar surface area (TPSA) is 43.1 Å². The second-order valence-electron chi connectivity index (χ2n) is 5.18. The Hall–Kier alpha value is -2.46. The van der Waals surface area contributed by atoms with E-state index in [2.05, 4.69) is 26.7 Å². The van der Waals surface area contributed by atoms with E-state index in [1.807, 2.05) is 43.7 Å². The van der Waals surface area contributed by atoms with Crippen molar-refractivity contribution < 1.29 is 0 Å². The Labute approximate surface area is 133 Å². The van der Waals surface area contributed by atoms with Gasteiger partial charge in [-0.3, -0.25) is 4.99 Å². The molecule has 3 heterocycles. The van der Waals surface area contributed by atoms with E-state index in [0.29, 0.717) is 6.54 Å². The Morgan fingerprint density at radius 1 is 1.09 bits per heavy atom. The molecular formula is C17H13ClN4. The molecule has 4 nitrogen and oxygen atoms in total. The predicted molar refractivity (Wildman–Crippen MR) is 86.9 cm³/mol. The van der Waals surface area contributed by atoms with Crippen molar-refractivity contribution in [2.24, 2.45) is 4.99 Å². The standard InChI is InChI=1S/C17H13ClN4/c1-11-19-8-12(9-20-11)17-16-6-3-7-22(16)15-5-2-4-14(18)13(15)10-21-17/h2-9H,10H2,1H3. The lowest BCUT2D eigenvalue weighted by atomic mass is 10.1. The highest BCUT2D eigenvalue weighted by molar-refractivity contribution is 6.31. The number of nitrogens with zero attached hydrogens (tertiary/aromatic N) is 4. The quantitative estimate of drug-likeness (QED) is 0.689. The van der Waals surface area contributed by atoms with Gasteiger partial charge in [0.1, 0.15) is 5.82 Å². The van der Waals surface area contributed by atoms with Gasteiger partial charge in [-0.05, 0) is 31.2 Å². The van der Waals surface area contributed by atoms with Crippen LogP contribution in [0.5, 0.6) is 0 Å². The molecule has 2 aromatic heterocycles. The fourth-order valence-corrected chi connectivity index (χ4v) is 2.94. The van der Waals surface area contributed by atoms with E-state index in [9.17, 15) is 0 Å². The number of hydrogen-bond donors (Lipinski definition) is 0. The van der Waals surface area contributed by atoms with Crippen LogP contribution in [0.4, 0.5) is 0 Å². The number of aryl methyl sites for hydroxylation is 1. The summed E-state index contributed by atoms with van der Waals surface area (Å²) in [6.45, 7) is 2.41. The lowest BCUT2D eigenvalue weighted by Gasteiger charge is -2.11. The number of rotatable bonds is 1. The van der Waals surface area contributed by atoms with Crippen molar-refractivity contribution in [3.63, 3.8) is 0 Å². The molecule has 0 saturated carbocycles. The highest BCUT2D eigenvalue weighted by Gasteiger charge is 2.19. The molecule has 4 rings (SSSR count). The van der Waals surface area contributed by atoms with Crippen LogP contribution in [-0.2, 0) is 6.54 Å². The molecule has 0 fully saturated rings. The van der Waals surface area contributed by atoms with Gasteiger partial charge in [-0.2, -0.15) is 0 Å². The first kappa shape index (κ1) is 13.2. The third kappa shape index (κ3) is 2.04. The number of aliphatic imine (C=N–C) groups is 1. The molecule has 1 aliphatic rings. The van der Waals surface area contributed by atoms with Crippen molar-refractivity contribution in [2.75, 3.05) is 0 Å². The van der Waals surface area contributed by atoms with Gasteiger partial charge in [-0.25, -0.2) is 9.97 Å². The zero-order valence-corrected chi connectivity index (χ0v) is 12.7. The summed E-state index contributed by atoms with van der Waals surface area (Å²) in [4.78, 5) is 13.3. The molecular weight excluding hydrogens is 296 g/mol. The Morgan fingerprint density at radius 2 is 1.91 bits per heavy atom. The van der Waals surface area contributed by atoms with Gasteiger partial charge in [-0.15, -0.1) is 0 Å². The van der Waals surface area contributed by atoms with Crippen molar-refractivity contribution in [3.8, 4) is 5.69 Å². The molecule has 5 heteroatoms. The minimum atomic E-state index is 0.542. The minimum Gasteiger partial charge on any atom is -0.315 e. The first-order valence-corrected chi connectivity index (χ1v) is 7.41. The molecule has 108 valence electrons. The van der Waals surface area contributed by atoms with Crippen LogP contribution < -0.4 is 0 Å². The summed E-state index contributed by atoms with van der Waals surface area (Å²) in [5, 5.41) is 0.738. The van der Waals surface area contributed by atoms with Gasteiger partial charge < -0.3 is 4.57 Å². The number of fused-ring (bicyclic) bond motifs is 3. The number of hydrogen-bond acceptors (Lipinski definition) is 3. The van der Waals surface area contributed by atoms with Crippen molar-refractivity contribution in [1.29, 1.82) is 0 Å². The Bertz CT molecular complexity index is 878. The zero-order chi connectivity index (χ0) is 15.1. The number of halogens is 1. The monoisotopic (exact) mass is 308 g/mol. The first-order valence-electron chi connectivity index (χ1n) is 7.03. The molecule has 22 heavy (non-hydrogen) atoms. The van der Waals surface area contributed by atoms with Crippen molar-refractivity contribution >= 4 is 17.3 Å². The van der Waals surface area contributed by atoms with Crippen LogP contribution in [0.15, 0.2) is 53.9 Å². The molecule has 0 atom stereocenters. The number of benzene rings is 1. The predicted octanol–water partition coefficient (Wildman–Crippen LogP) is 3.58. The van der Waals surface area contributed by atoms with Gasteiger partial charge in [-0.1, -0.05) is 17.7 Å². The summed E-state index contributed by atoms with van der Waals surface area (Å²) < 4.78 is 2.12. The summed E-state index contributed by atoms with van der Waals surface area (Å²) in [6, 6.07) is 9.99. The third-order valence-electron chi connectivity index (χ3n) is 3.79. The SMILES string of the molecule is Cc1ncc(C2=NCc3c(Cl)cccc3-n3cccc32)cn1. The summed E-state index contributed by atoms with van der Waals surface area (Å²) >= 11 is 6.36. The summed E-state index contributed by atoms with van der Waals surface area (Å²) in [6.07, 6.45) is 5.66. The lowest BCUT2D eigenvalue weighted by molar-refractivity contribution is 1.02. The third-order valence-corrected chi connectivity index (χ3v) is 4.15. The zero-order valence-electron chi connectivity index (χ0n) is 12.0. The van der Waals surface area contributed by atoms with Crippen LogP contribution in [0.2, 0.25) is 5.02 Å². The van der Waals surface area contributed by atoms with Crippen LogP contribution in [-0.4, -0.2) is 20.2 Å². The van der Waals surface area contributed by atoms with Crippen LogP contribution >= 0.6 is 11.6 Å². The maximum Gasteiger partial charge on any atom is 0.125 e. The summed E-state index contributed by atoms with van der Waals surface area (Å²) in [7, 11) is 0. The fourth-order valence-electron chi connectivity index (χ4n) is 2.71. The van der Waals surface area contributed by atoms with Crippen molar-refractivity contribution in [3.05, 3.63) is 76.6 Å². The van der Waals surface area contributed by atoms with E-state index < -0.39 is 0 Å². The normalized spacial score (nSPS) is 13.1. The van der Waals surface area contributed by atoms with E-state index in [0.717, 1.165) is 39.1 Å².